The van der Waals surface area contributed by atoms with Gasteiger partial charge in [-0.25, -0.2) is 0 Å². The van der Waals surface area contributed by atoms with Gasteiger partial charge in [0.1, 0.15) is 0 Å². The Morgan fingerprint density at radius 3 is 2.07 bits per heavy atom. The van der Waals surface area contributed by atoms with Crippen LogP contribution in [0.25, 0.3) is 0 Å². The van der Waals surface area contributed by atoms with Crippen molar-refractivity contribution in [2.45, 2.75) is 0 Å². The van der Waals surface area contributed by atoms with Crippen LogP contribution in [0.2, 0.25) is 0 Å². The highest BCUT2D eigenvalue weighted by Crippen LogP contribution is 2.38. The number of anilines is 1. The minimum Gasteiger partial charge on any atom is -0.493 e. The molecule has 2 aromatic rings. The highest BCUT2D eigenvalue weighted by Gasteiger charge is 2.25. The van der Waals surface area contributed by atoms with Crippen LogP contribution in [-0.2, 0) is 0 Å². The number of nitrogens with zero attached hydrogens (tertiary/aromatic N) is 2. The zero-order chi connectivity index (χ0) is 19.4. The Labute approximate surface area is 167 Å². The number of amides is 1. The molecule has 7 heteroatoms. The van der Waals surface area contributed by atoms with Gasteiger partial charge in [0.05, 0.1) is 21.3 Å². The van der Waals surface area contributed by atoms with Crippen LogP contribution in [0.3, 0.4) is 0 Å². The van der Waals surface area contributed by atoms with Gasteiger partial charge in [-0.3, -0.25) is 4.79 Å². The van der Waals surface area contributed by atoms with E-state index in [0.29, 0.717) is 35.9 Å². The van der Waals surface area contributed by atoms with E-state index in [1.807, 2.05) is 17.0 Å². The number of piperazine rings is 1. The number of hydrogen-bond donors (Lipinski definition) is 0. The maximum Gasteiger partial charge on any atom is 0.254 e. The van der Waals surface area contributed by atoms with E-state index in [9.17, 15) is 4.79 Å². The Bertz CT molecular complexity index is 794. The van der Waals surface area contributed by atoms with Crippen molar-refractivity contribution in [1.29, 1.82) is 0 Å². The first-order valence-corrected chi connectivity index (χ1v) is 9.46. The molecule has 0 aliphatic carbocycles. The molecule has 0 unspecified atom stereocenters. The number of methoxy groups -OCH3 is 3. The summed E-state index contributed by atoms with van der Waals surface area (Å²) in [5.41, 5.74) is 1.68. The molecule has 0 spiro atoms. The predicted molar refractivity (Wildman–Crippen MR) is 108 cm³/mol. The molecule has 6 nitrogen and oxygen atoms in total. The van der Waals surface area contributed by atoms with Crippen molar-refractivity contribution in [2.24, 2.45) is 0 Å². The molecule has 144 valence electrons. The van der Waals surface area contributed by atoms with E-state index in [0.717, 1.165) is 23.2 Å². The second kappa shape index (κ2) is 8.52. The maximum atomic E-state index is 13.0. The van der Waals surface area contributed by atoms with Gasteiger partial charge in [-0.1, -0.05) is 22.0 Å². The fourth-order valence-electron chi connectivity index (χ4n) is 3.23. The van der Waals surface area contributed by atoms with Crippen LogP contribution < -0.4 is 19.1 Å². The quantitative estimate of drug-likeness (QED) is 0.721. The summed E-state index contributed by atoms with van der Waals surface area (Å²) >= 11 is 3.51. The van der Waals surface area contributed by atoms with E-state index in [2.05, 4.69) is 33.0 Å². The summed E-state index contributed by atoms with van der Waals surface area (Å²) < 4.78 is 17.1. The molecule has 0 N–H and O–H groups in total. The second-order valence-electron chi connectivity index (χ2n) is 6.17. The Morgan fingerprint density at radius 2 is 1.56 bits per heavy atom. The van der Waals surface area contributed by atoms with Crippen molar-refractivity contribution in [3.63, 3.8) is 0 Å². The Morgan fingerprint density at radius 1 is 0.926 bits per heavy atom. The Hall–Kier alpha value is -2.41. The third-order valence-electron chi connectivity index (χ3n) is 4.65. The van der Waals surface area contributed by atoms with E-state index in [1.54, 1.807) is 33.5 Å². The van der Waals surface area contributed by atoms with Gasteiger partial charge in [-0.2, -0.15) is 0 Å². The van der Waals surface area contributed by atoms with E-state index in [-0.39, 0.29) is 5.91 Å². The number of hydrogen-bond acceptors (Lipinski definition) is 5. The lowest BCUT2D eigenvalue weighted by molar-refractivity contribution is 0.0746. The third-order valence-corrected chi connectivity index (χ3v) is 5.15. The summed E-state index contributed by atoms with van der Waals surface area (Å²) in [5.74, 6) is 1.40. The maximum absolute atomic E-state index is 13.0. The van der Waals surface area contributed by atoms with Crippen molar-refractivity contribution < 1.29 is 19.0 Å². The first kappa shape index (κ1) is 19.4. The summed E-state index contributed by atoms with van der Waals surface area (Å²) in [4.78, 5) is 17.1. The van der Waals surface area contributed by atoms with Crippen molar-refractivity contribution in [3.8, 4) is 17.2 Å². The summed E-state index contributed by atoms with van der Waals surface area (Å²) in [7, 11) is 4.63. The normalized spacial score (nSPS) is 14.1. The molecule has 1 aliphatic rings. The Balaban J connectivity index is 1.74. The molecule has 0 bridgehead atoms. The molecular formula is C20H23BrN2O4. The lowest BCUT2D eigenvalue weighted by Crippen LogP contribution is -2.48. The van der Waals surface area contributed by atoms with Crippen LogP contribution in [0.15, 0.2) is 40.9 Å². The van der Waals surface area contributed by atoms with Crippen LogP contribution in [0.5, 0.6) is 17.2 Å². The fourth-order valence-corrected chi connectivity index (χ4v) is 3.61. The smallest absolute Gasteiger partial charge is 0.254 e. The molecule has 27 heavy (non-hydrogen) atoms. The van der Waals surface area contributed by atoms with E-state index < -0.39 is 0 Å². The molecule has 1 saturated heterocycles. The van der Waals surface area contributed by atoms with E-state index in [4.69, 9.17) is 14.2 Å². The molecule has 0 aromatic heterocycles. The van der Waals surface area contributed by atoms with Gasteiger partial charge in [0.2, 0.25) is 5.75 Å². The van der Waals surface area contributed by atoms with Gasteiger partial charge >= 0.3 is 0 Å². The first-order valence-electron chi connectivity index (χ1n) is 8.67. The van der Waals surface area contributed by atoms with Crippen LogP contribution in [0, 0.1) is 0 Å². The zero-order valence-corrected chi connectivity index (χ0v) is 17.3. The largest absolute Gasteiger partial charge is 0.493 e. The molecule has 3 rings (SSSR count). The zero-order valence-electron chi connectivity index (χ0n) is 15.7. The van der Waals surface area contributed by atoms with Gasteiger partial charge in [-0.15, -0.1) is 0 Å². The minimum absolute atomic E-state index is 0.0388. The van der Waals surface area contributed by atoms with Crippen LogP contribution in [-0.4, -0.2) is 58.3 Å². The lowest BCUT2D eigenvalue weighted by Gasteiger charge is -2.36. The highest BCUT2D eigenvalue weighted by molar-refractivity contribution is 9.10. The molecular weight excluding hydrogens is 412 g/mol. The second-order valence-corrected chi connectivity index (χ2v) is 7.09. The van der Waals surface area contributed by atoms with Gasteiger partial charge in [0, 0.05) is 41.9 Å². The summed E-state index contributed by atoms with van der Waals surface area (Å²) in [6, 6.07) is 11.6. The molecule has 1 amide bonds. The molecule has 2 aromatic carbocycles. The highest BCUT2D eigenvalue weighted by atomic mass is 79.9. The van der Waals surface area contributed by atoms with Crippen molar-refractivity contribution in [1.82, 2.24) is 4.90 Å². The first-order chi connectivity index (χ1) is 13.1. The third kappa shape index (κ3) is 4.13. The van der Waals surface area contributed by atoms with Gasteiger partial charge in [0.15, 0.2) is 11.5 Å². The molecule has 1 aliphatic heterocycles. The Kier molecular flexibility index (Phi) is 6.11. The topological polar surface area (TPSA) is 51.2 Å². The van der Waals surface area contributed by atoms with Gasteiger partial charge < -0.3 is 24.0 Å². The number of ether oxygens (including phenoxy) is 3. The number of halogens is 1. The fraction of sp³-hybridized carbons (Fsp3) is 0.350. The summed E-state index contributed by atoms with van der Waals surface area (Å²) in [5, 5.41) is 0. The van der Waals surface area contributed by atoms with Crippen molar-refractivity contribution >= 4 is 27.5 Å². The average molecular weight is 435 g/mol. The monoisotopic (exact) mass is 434 g/mol. The molecule has 0 saturated carbocycles. The van der Waals surface area contributed by atoms with Crippen molar-refractivity contribution in [3.05, 3.63) is 46.4 Å². The molecule has 1 fully saturated rings. The standard InChI is InChI=1S/C20H23BrN2O4/c1-25-17-11-14(12-18(26-2)19(17)27-3)20(24)23-9-7-22(8-10-23)16-6-4-5-15(21)13-16/h4-6,11-13H,7-10H2,1-3H3. The number of rotatable bonds is 5. The average Bonchev–Trinajstić information content (AvgIpc) is 2.72. The number of carbonyl (C=O) groups excluding carboxylic acids is 1. The molecule has 1 heterocycles. The SMILES string of the molecule is COc1cc(C(=O)N2CCN(c3cccc(Br)c3)CC2)cc(OC)c1OC. The molecule has 0 radical (unpaired) electrons. The van der Waals surface area contributed by atoms with Crippen LogP contribution in [0.4, 0.5) is 5.69 Å². The van der Waals surface area contributed by atoms with E-state index in [1.165, 1.54) is 0 Å². The minimum atomic E-state index is -0.0388. The molecule has 0 atom stereocenters. The number of carbonyl (C=O) groups is 1. The van der Waals surface area contributed by atoms with Crippen molar-refractivity contribution in [2.75, 3.05) is 52.4 Å². The van der Waals surface area contributed by atoms with E-state index >= 15 is 0 Å². The van der Waals surface area contributed by atoms with Gasteiger partial charge in [0.25, 0.3) is 5.91 Å². The van der Waals surface area contributed by atoms with Crippen LogP contribution in [0.1, 0.15) is 10.4 Å². The number of benzene rings is 2. The summed E-state index contributed by atoms with van der Waals surface area (Å²) in [6.07, 6.45) is 0. The lowest BCUT2D eigenvalue weighted by atomic mass is 10.1. The van der Waals surface area contributed by atoms with Gasteiger partial charge in [-0.05, 0) is 30.3 Å². The van der Waals surface area contributed by atoms with Crippen LogP contribution >= 0.6 is 15.9 Å². The predicted octanol–water partition coefficient (Wildman–Crippen LogP) is 3.44. The summed E-state index contributed by atoms with van der Waals surface area (Å²) in [6.45, 7) is 2.88.